The van der Waals surface area contributed by atoms with Crippen LogP contribution in [0.4, 0.5) is 4.39 Å². The summed E-state index contributed by atoms with van der Waals surface area (Å²) in [6, 6.07) is 3.24. The lowest BCUT2D eigenvalue weighted by Crippen LogP contribution is -1.99. The summed E-state index contributed by atoms with van der Waals surface area (Å²) in [7, 11) is 0. The van der Waals surface area contributed by atoms with E-state index in [0.29, 0.717) is 0 Å². The van der Waals surface area contributed by atoms with Crippen molar-refractivity contribution in [1.82, 2.24) is 0 Å². The van der Waals surface area contributed by atoms with Gasteiger partial charge in [0.05, 0.1) is 0 Å². The van der Waals surface area contributed by atoms with Crippen molar-refractivity contribution in [3.8, 4) is 5.75 Å². The van der Waals surface area contributed by atoms with E-state index in [1.807, 2.05) is 0 Å². The number of aromatic hydroxyl groups is 1. The normalized spacial score (nSPS) is 10.0. The average molecular weight is 203 g/mol. The predicted octanol–water partition coefficient (Wildman–Crippen LogP) is 2.34. The molecule has 70 valence electrons. The maximum Gasteiger partial charge on any atom is 0.164 e. The molecule has 0 bridgehead atoms. The molecule has 0 aliphatic carbocycles. The molecule has 0 saturated carbocycles. The number of ketones is 1. The van der Waals surface area contributed by atoms with Gasteiger partial charge >= 0.3 is 0 Å². The predicted molar refractivity (Wildman–Crippen MR) is 47.7 cm³/mol. The smallest absolute Gasteiger partial charge is 0.164 e. The molecular formula is C9H8ClFO2. The summed E-state index contributed by atoms with van der Waals surface area (Å²) in [6.07, 6.45) is 0.143. The molecule has 0 spiro atoms. The van der Waals surface area contributed by atoms with Gasteiger partial charge in [-0.15, -0.1) is 11.6 Å². The van der Waals surface area contributed by atoms with Gasteiger partial charge in [0.2, 0.25) is 0 Å². The van der Waals surface area contributed by atoms with Crippen LogP contribution in [0.3, 0.4) is 0 Å². The molecule has 13 heavy (non-hydrogen) atoms. The number of carbonyl (C=O) groups excluding carboxylic acids is 1. The zero-order chi connectivity index (χ0) is 9.84. The molecule has 1 aromatic rings. The third kappa shape index (κ3) is 2.70. The van der Waals surface area contributed by atoms with Crippen molar-refractivity contribution in [3.05, 3.63) is 29.6 Å². The first-order chi connectivity index (χ1) is 6.13. The molecule has 1 aromatic carbocycles. The molecule has 0 heterocycles. The van der Waals surface area contributed by atoms with Crippen LogP contribution in [0.25, 0.3) is 0 Å². The van der Waals surface area contributed by atoms with Crippen molar-refractivity contribution < 1.29 is 14.3 Å². The zero-order valence-corrected chi connectivity index (χ0v) is 7.51. The SMILES string of the molecule is O=C(CCCl)c1cc(O)cc(F)c1. The molecular weight excluding hydrogens is 195 g/mol. The molecule has 1 rings (SSSR count). The number of rotatable bonds is 3. The van der Waals surface area contributed by atoms with Crippen LogP contribution in [0.1, 0.15) is 16.8 Å². The summed E-state index contributed by atoms with van der Waals surface area (Å²) < 4.78 is 12.7. The molecule has 0 saturated heterocycles. The van der Waals surface area contributed by atoms with Crippen molar-refractivity contribution in [2.75, 3.05) is 5.88 Å². The largest absolute Gasteiger partial charge is 0.508 e. The summed E-state index contributed by atoms with van der Waals surface area (Å²) >= 11 is 5.35. The Morgan fingerprint density at radius 3 is 2.69 bits per heavy atom. The number of Topliss-reactive ketones (excluding diaryl/α,β-unsaturated/α-hetero) is 1. The van der Waals surface area contributed by atoms with Crippen molar-refractivity contribution >= 4 is 17.4 Å². The molecule has 0 amide bonds. The van der Waals surface area contributed by atoms with Crippen molar-refractivity contribution in [1.29, 1.82) is 0 Å². The Hall–Kier alpha value is -1.09. The minimum atomic E-state index is -0.627. The zero-order valence-electron chi connectivity index (χ0n) is 6.76. The Labute approximate surface area is 80.0 Å². The van der Waals surface area contributed by atoms with Gasteiger partial charge in [-0.25, -0.2) is 4.39 Å². The molecule has 0 aromatic heterocycles. The van der Waals surface area contributed by atoms with Crippen LogP contribution >= 0.6 is 11.6 Å². The van der Waals surface area contributed by atoms with Gasteiger partial charge < -0.3 is 5.11 Å². The highest BCUT2D eigenvalue weighted by Crippen LogP contribution is 2.15. The second kappa shape index (κ2) is 4.23. The Kier molecular flexibility index (Phi) is 3.25. The van der Waals surface area contributed by atoms with Gasteiger partial charge in [-0.05, 0) is 12.1 Å². The van der Waals surface area contributed by atoms with E-state index in [2.05, 4.69) is 0 Å². The summed E-state index contributed by atoms with van der Waals surface area (Å²) in [4.78, 5) is 11.2. The first-order valence-corrected chi connectivity index (χ1v) is 4.25. The highest BCUT2D eigenvalue weighted by atomic mass is 35.5. The number of carbonyl (C=O) groups is 1. The van der Waals surface area contributed by atoms with E-state index in [1.54, 1.807) is 0 Å². The number of hydrogen-bond acceptors (Lipinski definition) is 2. The molecule has 0 aliphatic heterocycles. The topological polar surface area (TPSA) is 37.3 Å². The fourth-order valence-corrected chi connectivity index (χ4v) is 1.14. The number of alkyl halides is 1. The number of halogens is 2. The summed E-state index contributed by atoms with van der Waals surface area (Å²) in [5, 5.41) is 8.99. The van der Waals surface area contributed by atoms with Crippen molar-refractivity contribution in [2.45, 2.75) is 6.42 Å². The van der Waals surface area contributed by atoms with Crippen LogP contribution in [-0.2, 0) is 0 Å². The van der Waals surface area contributed by atoms with Crippen molar-refractivity contribution in [3.63, 3.8) is 0 Å². The fraction of sp³-hybridized carbons (Fsp3) is 0.222. The Bertz CT molecular complexity index is 305. The quantitative estimate of drug-likeness (QED) is 0.604. The van der Waals surface area contributed by atoms with Crippen LogP contribution in [-0.4, -0.2) is 16.8 Å². The summed E-state index contributed by atoms with van der Waals surface area (Å²) in [6.45, 7) is 0. The van der Waals surface area contributed by atoms with Gasteiger partial charge in [0.15, 0.2) is 5.78 Å². The van der Waals surface area contributed by atoms with E-state index in [-0.39, 0.29) is 29.4 Å². The van der Waals surface area contributed by atoms with Gasteiger partial charge in [-0.3, -0.25) is 4.79 Å². The number of hydrogen-bond donors (Lipinski definition) is 1. The lowest BCUT2D eigenvalue weighted by molar-refractivity contribution is 0.0988. The van der Waals surface area contributed by atoms with Crippen LogP contribution in [0.15, 0.2) is 18.2 Å². The molecule has 0 atom stereocenters. The molecule has 4 heteroatoms. The maximum absolute atomic E-state index is 12.7. The van der Waals surface area contributed by atoms with Gasteiger partial charge in [-0.1, -0.05) is 0 Å². The van der Waals surface area contributed by atoms with Gasteiger partial charge in [0.1, 0.15) is 11.6 Å². The number of phenolic OH excluding ortho intramolecular Hbond substituents is 1. The number of phenols is 1. The van der Waals surface area contributed by atoms with E-state index >= 15 is 0 Å². The van der Waals surface area contributed by atoms with E-state index in [4.69, 9.17) is 16.7 Å². The lowest BCUT2D eigenvalue weighted by atomic mass is 10.1. The third-order valence-corrected chi connectivity index (χ3v) is 1.72. The van der Waals surface area contributed by atoms with E-state index in [0.717, 1.165) is 12.1 Å². The first-order valence-electron chi connectivity index (χ1n) is 3.72. The monoisotopic (exact) mass is 202 g/mol. The Morgan fingerprint density at radius 1 is 1.46 bits per heavy atom. The van der Waals surface area contributed by atoms with Crippen LogP contribution < -0.4 is 0 Å². The fourth-order valence-electron chi connectivity index (χ4n) is 0.965. The van der Waals surface area contributed by atoms with E-state index < -0.39 is 5.82 Å². The molecule has 0 fully saturated rings. The first kappa shape index (κ1) is 9.99. The van der Waals surface area contributed by atoms with Crippen molar-refractivity contribution in [2.24, 2.45) is 0 Å². The molecule has 0 aliphatic rings. The average Bonchev–Trinajstić information content (AvgIpc) is 2.03. The molecule has 0 unspecified atom stereocenters. The van der Waals surface area contributed by atoms with E-state index in [9.17, 15) is 9.18 Å². The highest BCUT2D eigenvalue weighted by Gasteiger charge is 2.07. The Morgan fingerprint density at radius 2 is 2.15 bits per heavy atom. The second-order valence-corrected chi connectivity index (χ2v) is 2.94. The maximum atomic E-state index is 12.7. The number of benzene rings is 1. The highest BCUT2D eigenvalue weighted by molar-refractivity contribution is 6.19. The van der Waals surface area contributed by atoms with Crippen LogP contribution in [0.5, 0.6) is 5.75 Å². The van der Waals surface area contributed by atoms with E-state index in [1.165, 1.54) is 6.07 Å². The third-order valence-electron chi connectivity index (χ3n) is 1.53. The molecule has 0 radical (unpaired) electrons. The Balaban J connectivity index is 2.94. The second-order valence-electron chi connectivity index (χ2n) is 2.56. The minimum Gasteiger partial charge on any atom is -0.508 e. The molecule has 2 nitrogen and oxygen atoms in total. The molecule has 1 N–H and O–H groups in total. The summed E-state index contributed by atoms with van der Waals surface area (Å²) in [5.74, 6) is -0.962. The van der Waals surface area contributed by atoms with Gasteiger partial charge in [0, 0.05) is 23.9 Å². The van der Waals surface area contributed by atoms with Crippen LogP contribution in [0, 0.1) is 5.82 Å². The van der Waals surface area contributed by atoms with Gasteiger partial charge in [-0.2, -0.15) is 0 Å². The summed E-state index contributed by atoms with van der Waals surface area (Å²) in [5.41, 5.74) is 0.151. The minimum absolute atomic E-state index is 0.143. The standard InChI is InChI=1S/C9H8ClFO2/c10-2-1-9(13)6-3-7(11)5-8(12)4-6/h3-5,12H,1-2H2. The lowest BCUT2D eigenvalue weighted by Gasteiger charge is -1.99. The van der Waals surface area contributed by atoms with Gasteiger partial charge in [0.25, 0.3) is 0 Å². The van der Waals surface area contributed by atoms with Crippen LogP contribution in [0.2, 0.25) is 0 Å².